The number of hydrogen-bond donors (Lipinski definition) is 1. The van der Waals surface area contributed by atoms with Crippen LogP contribution in [0, 0.1) is 5.92 Å². The molecule has 114 valence electrons. The minimum atomic E-state index is -0.333. The van der Waals surface area contributed by atoms with Crippen LogP contribution in [0.1, 0.15) is 19.8 Å². The summed E-state index contributed by atoms with van der Waals surface area (Å²) in [6.07, 6.45) is 3.21. The average molecular weight is 328 g/mol. The first-order valence-corrected chi connectivity index (χ1v) is 8.10. The summed E-state index contributed by atoms with van der Waals surface area (Å²) in [6, 6.07) is 3.50. The van der Waals surface area contributed by atoms with Crippen molar-refractivity contribution in [1.29, 1.82) is 0 Å². The van der Waals surface area contributed by atoms with Gasteiger partial charge in [-0.3, -0.25) is 9.59 Å². The molecule has 0 aromatic carbocycles. The lowest BCUT2D eigenvalue weighted by atomic mass is 9.97. The van der Waals surface area contributed by atoms with E-state index < -0.39 is 0 Å². The van der Waals surface area contributed by atoms with E-state index in [2.05, 4.69) is 4.98 Å². The van der Waals surface area contributed by atoms with Crippen molar-refractivity contribution >= 4 is 35.2 Å². The molecule has 2 N–H and O–H groups in total. The normalized spacial score (nSPS) is 20.1. The molecule has 2 heterocycles. The highest BCUT2D eigenvalue weighted by atomic mass is 35.5. The van der Waals surface area contributed by atoms with Gasteiger partial charge in [-0.1, -0.05) is 23.4 Å². The summed E-state index contributed by atoms with van der Waals surface area (Å²) in [6.45, 7) is 2.91. The number of carbonyl (C=O) groups is 2. The lowest BCUT2D eigenvalue weighted by Crippen LogP contribution is -2.46. The first-order valence-electron chi connectivity index (χ1n) is 6.84. The van der Waals surface area contributed by atoms with Crippen LogP contribution < -0.4 is 5.73 Å². The molecular formula is C14H18ClN3O2S. The number of amides is 2. The van der Waals surface area contributed by atoms with E-state index in [-0.39, 0.29) is 23.0 Å². The van der Waals surface area contributed by atoms with Gasteiger partial charge in [0.15, 0.2) is 0 Å². The number of aromatic nitrogens is 1. The predicted octanol–water partition coefficient (Wildman–Crippen LogP) is 1.94. The Bertz CT molecular complexity index is 541. The third-order valence-corrected chi connectivity index (χ3v) is 5.02. The summed E-state index contributed by atoms with van der Waals surface area (Å²) in [5.74, 6) is -0.577. The van der Waals surface area contributed by atoms with Gasteiger partial charge in [0, 0.05) is 19.3 Å². The van der Waals surface area contributed by atoms with Crippen LogP contribution in [0.4, 0.5) is 0 Å². The van der Waals surface area contributed by atoms with Gasteiger partial charge in [-0.2, -0.15) is 0 Å². The summed E-state index contributed by atoms with van der Waals surface area (Å²) in [5.41, 5.74) is 5.34. The first-order chi connectivity index (χ1) is 9.99. The molecule has 2 atom stereocenters. The summed E-state index contributed by atoms with van der Waals surface area (Å²) in [5, 5.41) is 0.878. The number of halogens is 1. The zero-order valence-corrected chi connectivity index (χ0v) is 13.4. The van der Waals surface area contributed by atoms with Crippen molar-refractivity contribution in [2.75, 3.05) is 13.1 Å². The van der Waals surface area contributed by atoms with Gasteiger partial charge >= 0.3 is 0 Å². The largest absolute Gasteiger partial charge is 0.369 e. The SMILES string of the molecule is CC(Sc1ncccc1Cl)C(=O)N1CCCC(C(N)=O)C1. The van der Waals surface area contributed by atoms with Crippen molar-refractivity contribution < 1.29 is 9.59 Å². The number of likely N-dealkylation sites (tertiary alicyclic amines) is 1. The number of primary amides is 1. The topological polar surface area (TPSA) is 76.3 Å². The third kappa shape index (κ3) is 4.11. The molecule has 5 nitrogen and oxygen atoms in total. The maximum atomic E-state index is 12.5. The second-order valence-corrected chi connectivity index (χ2v) is 6.81. The minimum absolute atomic E-state index is 0.00679. The van der Waals surface area contributed by atoms with E-state index >= 15 is 0 Å². The van der Waals surface area contributed by atoms with E-state index in [0.717, 1.165) is 12.8 Å². The monoisotopic (exact) mass is 327 g/mol. The van der Waals surface area contributed by atoms with Crippen LogP contribution in [0.2, 0.25) is 5.02 Å². The van der Waals surface area contributed by atoms with Crippen LogP contribution >= 0.6 is 23.4 Å². The number of nitrogens with zero attached hydrogens (tertiary/aromatic N) is 2. The first kappa shape index (κ1) is 16.1. The standard InChI is InChI=1S/C14H18ClN3O2S/c1-9(21-13-11(15)5-2-6-17-13)14(20)18-7-3-4-10(8-18)12(16)19/h2,5-6,9-10H,3-4,7-8H2,1H3,(H2,16,19). The van der Waals surface area contributed by atoms with Crippen molar-refractivity contribution in [3.63, 3.8) is 0 Å². The third-order valence-electron chi connectivity index (χ3n) is 3.50. The number of carbonyl (C=O) groups excluding carboxylic acids is 2. The van der Waals surface area contributed by atoms with E-state index in [1.807, 2.05) is 6.92 Å². The fraction of sp³-hybridized carbons (Fsp3) is 0.500. The Morgan fingerprint density at radius 1 is 1.57 bits per heavy atom. The quantitative estimate of drug-likeness (QED) is 0.857. The number of thioether (sulfide) groups is 1. The van der Waals surface area contributed by atoms with Crippen LogP contribution in [-0.2, 0) is 9.59 Å². The molecule has 7 heteroatoms. The van der Waals surface area contributed by atoms with Gasteiger partial charge in [0.1, 0.15) is 5.03 Å². The van der Waals surface area contributed by atoms with Crippen LogP contribution in [0.15, 0.2) is 23.4 Å². The van der Waals surface area contributed by atoms with Crippen LogP contribution in [0.3, 0.4) is 0 Å². The molecule has 1 aliphatic heterocycles. The molecule has 1 aromatic rings. The molecule has 1 aliphatic rings. The van der Waals surface area contributed by atoms with Crippen molar-refractivity contribution in [3.05, 3.63) is 23.4 Å². The zero-order chi connectivity index (χ0) is 15.4. The predicted molar refractivity (Wildman–Crippen MR) is 83.1 cm³/mol. The molecule has 1 fully saturated rings. The fourth-order valence-corrected chi connectivity index (χ4v) is 3.48. The number of piperidine rings is 1. The van der Waals surface area contributed by atoms with E-state index in [9.17, 15) is 9.59 Å². The summed E-state index contributed by atoms with van der Waals surface area (Å²) < 4.78 is 0. The molecule has 0 aliphatic carbocycles. The highest BCUT2D eigenvalue weighted by molar-refractivity contribution is 8.00. The molecule has 2 rings (SSSR count). The number of nitrogens with two attached hydrogens (primary N) is 1. The van der Waals surface area contributed by atoms with Gasteiger partial charge in [-0.05, 0) is 31.9 Å². The maximum Gasteiger partial charge on any atom is 0.235 e. The van der Waals surface area contributed by atoms with Crippen LogP contribution in [0.5, 0.6) is 0 Å². The zero-order valence-electron chi connectivity index (χ0n) is 11.8. The maximum absolute atomic E-state index is 12.5. The molecule has 21 heavy (non-hydrogen) atoms. The van der Waals surface area contributed by atoms with E-state index in [1.54, 1.807) is 23.2 Å². The second kappa shape index (κ2) is 7.13. The molecule has 0 spiro atoms. The van der Waals surface area contributed by atoms with Gasteiger partial charge < -0.3 is 10.6 Å². The highest BCUT2D eigenvalue weighted by Gasteiger charge is 2.30. The molecular weight excluding hydrogens is 310 g/mol. The van der Waals surface area contributed by atoms with Crippen molar-refractivity contribution in [2.24, 2.45) is 11.7 Å². The Morgan fingerprint density at radius 3 is 3.00 bits per heavy atom. The lowest BCUT2D eigenvalue weighted by molar-refractivity contribution is -0.134. The smallest absolute Gasteiger partial charge is 0.235 e. The Balaban J connectivity index is 1.99. The van der Waals surface area contributed by atoms with Crippen molar-refractivity contribution in [1.82, 2.24) is 9.88 Å². The Kier molecular flexibility index (Phi) is 5.47. The van der Waals surface area contributed by atoms with Crippen molar-refractivity contribution in [2.45, 2.75) is 30.0 Å². The number of rotatable bonds is 4. The molecule has 2 amide bonds. The second-order valence-electron chi connectivity index (χ2n) is 5.08. The molecule has 1 saturated heterocycles. The average Bonchev–Trinajstić information content (AvgIpc) is 2.49. The van der Waals surface area contributed by atoms with E-state index in [1.165, 1.54) is 11.8 Å². The Hall–Kier alpha value is -1.27. The lowest BCUT2D eigenvalue weighted by Gasteiger charge is -2.32. The molecule has 2 unspecified atom stereocenters. The number of pyridine rings is 1. The summed E-state index contributed by atoms with van der Waals surface area (Å²) in [7, 11) is 0. The fourth-order valence-electron chi connectivity index (χ4n) is 2.34. The minimum Gasteiger partial charge on any atom is -0.369 e. The van der Waals surface area contributed by atoms with Gasteiger partial charge in [-0.15, -0.1) is 0 Å². The van der Waals surface area contributed by atoms with E-state index in [4.69, 9.17) is 17.3 Å². The molecule has 0 radical (unpaired) electrons. The summed E-state index contributed by atoms with van der Waals surface area (Å²) in [4.78, 5) is 29.6. The van der Waals surface area contributed by atoms with Gasteiger partial charge in [-0.25, -0.2) is 4.98 Å². The van der Waals surface area contributed by atoms with Gasteiger partial charge in [0.25, 0.3) is 0 Å². The molecule has 1 aromatic heterocycles. The summed E-state index contributed by atoms with van der Waals surface area (Å²) >= 11 is 7.39. The molecule has 0 saturated carbocycles. The van der Waals surface area contributed by atoms with Crippen molar-refractivity contribution in [3.8, 4) is 0 Å². The highest BCUT2D eigenvalue weighted by Crippen LogP contribution is 2.29. The van der Waals surface area contributed by atoms with Crippen LogP contribution in [-0.4, -0.2) is 40.0 Å². The Morgan fingerprint density at radius 2 is 2.33 bits per heavy atom. The Labute approximate surface area is 133 Å². The molecule has 0 bridgehead atoms. The van der Waals surface area contributed by atoms with Gasteiger partial charge in [0.05, 0.1) is 16.2 Å². The van der Waals surface area contributed by atoms with Gasteiger partial charge in [0.2, 0.25) is 11.8 Å². The van der Waals surface area contributed by atoms with E-state index in [0.29, 0.717) is 23.1 Å². The number of hydrogen-bond acceptors (Lipinski definition) is 4. The van der Waals surface area contributed by atoms with Crippen LogP contribution in [0.25, 0.3) is 0 Å².